The minimum absolute atomic E-state index is 0.186. The number of nitrogens with one attached hydrogen (secondary N) is 1. The molecule has 0 radical (unpaired) electrons. The average Bonchev–Trinajstić information content (AvgIpc) is 3.23. The number of benzene rings is 1. The van der Waals surface area contributed by atoms with Crippen LogP contribution in [-0.4, -0.2) is 27.5 Å². The first-order valence-electron chi connectivity index (χ1n) is 7.25. The van der Waals surface area contributed by atoms with Crippen LogP contribution in [0.25, 0.3) is 0 Å². The highest BCUT2D eigenvalue weighted by atomic mass is 16.3. The van der Waals surface area contributed by atoms with Crippen molar-refractivity contribution in [3.8, 4) is 0 Å². The van der Waals surface area contributed by atoms with Crippen LogP contribution >= 0.6 is 0 Å². The molecule has 1 aromatic heterocycles. The Bertz CT molecular complexity index is 534. The van der Waals surface area contributed by atoms with Gasteiger partial charge in [-0.3, -0.25) is 4.68 Å². The summed E-state index contributed by atoms with van der Waals surface area (Å²) in [6.45, 7) is 2.23. The maximum absolute atomic E-state index is 9.78. The van der Waals surface area contributed by atoms with Crippen LogP contribution in [0.3, 0.4) is 0 Å². The average molecular weight is 271 g/mol. The predicted octanol–water partition coefficient (Wildman–Crippen LogP) is 1.79. The molecule has 0 amide bonds. The molecule has 106 valence electrons. The van der Waals surface area contributed by atoms with Crippen molar-refractivity contribution in [1.82, 2.24) is 15.1 Å². The normalized spacial score (nSPS) is 16.2. The molecule has 1 aliphatic carbocycles. The Morgan fingerprint density at radius 1 is 1.25 bits per heavy atom. The van der Waals surface area contributed by atoms with Crippen molar-refractivity contribution in [2.24, 2.45) is 5.92 Å². The van der Waals surface area contributed by atoms with Crippen LogP contribution in [0.15, 0.2) is 42.7 Å². The van der Waals surface area contributed by atoms with E-state index in [-0.39, 0.29) is 6.10 Å². The van der Waals surface area contributed by atoms with Gasteiger partial charge >= 0.3 is 0 Å². The van der Waals surface area contributed by atoms with Crippen molar-refractivity contribution in [3.63, 3.8) is 0 Å². The van der Waals surface area contributed by atoms with Crippen molar-refractivity contribution >= 4 is 0 Å². The van der Waals surface area contributed by atoms with E-state index in [1.54, 1.807) is 0 Å². The third kappa shape index (κ3) is 3.68. The molecule has 0 bridgehead atoms. The summed E-state index contributed by atoms with van der Waals surface area (Å²) in [6.07, 6.45) is 6.12. The molecular formula is C16H21N3O. The van der Waals surface area contributed by atoms with Gasteiger partial charge in [-0.05, 0) is 24.3 Å². The van der Waals surface area contributed by atoms with Gasteiger partial charge in [-0.1, -0.05) is 30.3 Å². The lowest BCUT2D eigenvalue weighted by atomic mass is 10.2. The number of aliphatic hydroxyl groups is 1. The fraction of sp³-hybridized carbons (Fsp3) is 0.438. The fourth-order valence-corrected chi connectivity index (χ4v) is 2.37. The zero-order chi connectivity index (χ0) is 13.8. The van der Waals surface area contributed by atoms with Crippen molar-refractivity contribution in [3.05, 3.63) is 53.9 Å². The molecule has 3 rings (SSSR count). The Hall–Kier alpha value is -1.65. The summed E-state index contributed by atoms with van der Waals surface area (Å²) < 4.78 is 1.95. The number of rotatable bonds is 7. The number of nitrogens with zero attached hydrogens (tertiary/aromatic N) is 2. The molecule has 1 unspecified atom stereocenters. The van der Waals surface area contributed by atoms with Gasteiger partial charge in [0.2, 0.25) is 0 Å². The highest BCUT2D eigenvalue weighted by Crippen LogP contribution is 2.32. The van der Waals surface area contributed by atoms with Gasteiger partial charge in [0.15, 0.2) is 0 Å². The quantitative estimate of drug-likeness (QED) is 0.807. The summed E-state index contributed by atoms with van der Waals surface area (Å²) in [5.41, 5.74) is 2.41. The van der Waals surface area contributed by atoms with Gasteiger partial charge in [-0.15, -0.1) is 0 Å². The Morgan fingerprint density at radius 3 is 2.80 bits per heavy atom. The number of aliphatic hydroxyl groups excluding tert-OH is 1. The molecule has 0 saturated heterocycles. The molecule has 0 spiro atoms. The van der Waals surface area contributed by atoms with Gasteiger partial charge < -0.3 is 10.4 Å². The van der Waals surface area contributed by atoms with E-state index in [4.69, 9.17) is 0 Å². The van der Waals surface area contributed by atoms with Crippen molar-refractivity contribution in [2.45, 2.75) is 32.0 Å². The third-order valence-corrected chi connectivity index (χ3v) is 3.72. The van der Waals surface area contributed by atoms with Crippen LogP contribution in [0.4, 0.5) is 0 Å². The van der Waals surface area contributed by atoms with E-state index >= 15 is 0 Å². The molecule has 1 aromatic carbocycles. The second-order valence-electron chi connectivity index (χ2n) is 5.57. The number of hydrogen-bond donors (Lipinski definition) is 2. The summed E-state index contributed by atoms with van der Waals surface area (Å²) >= 11 is 0. The zero-order valence-electron chi connectivity index (χ0n) is 11.6. The van der Waals surface area contributed by atoms with E-state index in [0.717, 1.165) is 18.7 Å². The van der Waals surface area contributed by atoms with Gasteiger partial charge in [0.25, 0.3) is 0 Å². The van der Waals surface area contributed by atoms with Crippen LogP contribution in [0, 0.1) is 5.92 Å². The van der Waals surface area contributed by atoms with Gasteiger partial charge in [0.05, 0.1) is 18.8 Å². The molecule has 0 aliphatic heterocycles. The van der Waals surface area contributed by atoms with E-state index in [0.29, 0.717) is 12.5 Å². The summed E-state index contributed by atoms with van der Waals surface area (Å²) in [4.78, 5) is 0. The lowest BCUT2D eigenvalue weighted by Gasteiger charge is -2.09. The van der Waals surface area contributed by atoms with E-state index in [1.807, 2.05) is 29.1 Å². The first kappa shape index (κ1) is 13.3. The maximum Gasteiger partial charge on any atom is 0.0692 e. The van der Waals surface area contributed by atoms with Gasteiger partial charge in [-0.25, -0.2) is 0 Å². The van der Waals surface area contributed by atoms with Crippen LogP contribution in [0.2, 0.25) is 0 Å². The standard InChI is InChI=1S/C16H21N3O/c20-16(15-6-7-15)10-17-8-14-9-18-19(12-14)11-13-4-2-1-3-5-13/h1-5,9,12,15-17,20H,6-8,10-11H2. The maximum atomic E-state index is 9.78. The topological polar surface area (TPSA) is 50.1 Å². The van der Waals surface area contributed by atoms with E-state index in [9.17, 15) is 5.11 Å². The first-order valence-corrected chi connectivity index (χ1v) is 7.25. The Morgan fingerprint density at radius 2 is 2.05 bits per heavy atom. The van der Waals surface area contributed by atoms with Gasteiger partial charge in [0, 0.05) is 24.8 Å². The smallest absolute Gasteiger partial charge is 0.0692 e. The number of hydrogen-bond acceptors (Lipinski definition) is 3. The van der Waals surface area contributed by atoms with Crippen molar-refractivity contribution in [2.75, 3.05) is 6.54 Å². The molecule has 1 atom stereocenters. The predicted molar refractivity (Wildman–Crippen MR) is 78.2 cm³/mol. The second-order valence-corrected chi connectivity index (χ2v) is 5.57. The summed E-state index contributed by atoms with van der Waals surface area (Å²) in [5, 5.41) is 17.5. The molecule has 20 heavy (non-hydrogen) atoms. The minimum atomic E-state index is -0.186. The lowest BCUT2D eigenvalue weighted by Crippen LogP contribution is -2.27. The van der Waals surface area contributed by atoms with E-state index < -0.39 is 0 Å². The largest absolute Gasteiger partial charge is 0.392 e. The summed E-state index contributed by atoms with van der Waals surface area (Å²) in [6, 6.07) is 10.3. The molecule has 1 heterocycles. The van der Waals surface area contributed by atoms with Crippen LogP contribution < -0.4 is 5.32 Å². The van der Waals surface area contributed by atoms with E-state index in [2.05, 4.69) is 28.7 Å². The Kier molecular flexibility index (Phi) is 4.14. The molecule has 4 nitrogen and oxygen atoms in total. The molecular weight excluding hydrogens is 250 g/mol. The monoisotopic (exact) mass is 271 g/mol. The van der Waals surface area contributed by atoms with Crippen molar-refractivity contribution in [1.29, 1.82) is 0 Å². The highest BCUT2D eigenvalue weighted by Gasteiger charge is 2.29. The van der Waals surface area contributed by atoms with E-state index in [1.165, 1.54) is 18.4 Å². The van der Waals surface area contributed by atoms with Gasteiger partial charge in [-0.2, -0.15) is 5.10 Å². The SMILES string of the molecule is OC(CNCc1cnn(Cc2ccccc2)c1)C1CC1. The van der Waals surface area contributed by atoms with Crippen LogP contribution in [0.5, 0.6) is 0 Å². The summed E-state index contributed by atoms with van der Waals surface area (Å²) in [5.74, 6) is 0.531. The minimum Gasteiger partial charge on any atom is -0.392 e. The van der Waals surface area contributed by atoms with Crippen molar-refractivity contribution < 1.29 is 5.11 Å². The Balaban J connectivity index is 1.46. The molecule has 2 aromatic rings. The second kappa shape index (κ2) is 6.20. The van der Waals surface area contributed by atoms with Gasteiger partial charge in [0.1, 0.15) is 0 Å². The molecule has 4 heteroatoms. The molecule has 1 aliphatic rings. The lowest BCUT2D eigenvalue weighted by molar-refractivity contribution is 0.148. The summed E-state index contributed by atoms with van der Waals surface area (Å²) in [7, 11) is 0. The first-order chi connectivity index (χ1) is 9.81. The Labute approximate surface area is 119 Å². The molecule has 1 saturated carbocycles. The highest BCUT2D eigenvalue weighted by molar-refractivity contribution is 5.15. The van der Waals surface area contributed by atoms with Crippen LogP contribution in [-0.2, 0) is 13.1 Å². The third-order valence-electron chi connectivity index (χ3n) is 3.72. The fourth-order valence-electron chi connectivity index (χ4n) is 2.37. The zero-order valence-corrected chi connectivity index (χ0v) is 11.6. The van der Waals surface area contributed by atoms with Crippen LogP contribution in [0.1, 0.15) is 24.0 Å². The molecule has 1 fully saturated rings. The molecule has 2 N–H and O–H groups in total. The number of aromatic nitrogens is 2.